The second-order valence-corrected chi connectivity index (χ2v) is 11.3. The summed E-state index contributed by atoms with van der Waals surface area (Å²) < 4.78 is 0. The Morgan fingerprint density at radius 3 is 2.42 bits per heavy atom. The molecule has 0 saturated heterocycles. The quantitative estimate of drug-likeness (QED) is 0.617. The molecule has 0 aromatic rings. The van der Waals surface area contributed by atoms with Gasteiger partial charge in [-0.3, -0.25) is 0 Å². The Labute approximate surface area is 158 Å². The summed E-state index contributed by atoms with van der Waals surface area (Å²) in [6.45, 7) is 10.7. The number of hydrogen-bond acceptors (Lipinski definition) is 3. The summed E-state index contributed by atoms with van der Waals surface area (Å²) in [5, 5.41) is 32.7. The highest BCUT2D eigenvalue weighted by Gasteiger charge is 2.66. The van der Waals surface area contributed by atoms with Crippen molar-refractivity contribution in [1.29, 1.82) is 0 Å². The first-order valence-corrected chi connectivity index (χ1v) is 10.7. The van der Waals surface area contributed by atoms with Crippen molar-refractivity contribution in [3.05, 3.63) is 11.6 Å². The van der Waals surface area contributed by atoms with Crippen LogP contribution in [-0.4, -0.2) is 32.6 Å². The topological polar surface area (TPSA) is 60.7 Å². The molecule has 3 heteroatoms. The van der Waals surface area contributed by atoms with Gasteiger partial charge < -0.3 is 15.3 Å². The number of aliphatic hydroxyl groups excluding tert-OH is 1. The van der Waals surface area contributed by atoms with E-state index in [-0.39, 0.29) is 28.8 Å². The lowest BCUT2D eigenvalue weighted by Gasteiger charge is -2.64. The molecule has 0 bridgehead atoms. The van der Waals surface area contributed by atoms with E-state index in [1.165, 1.54) is 12.0 Å². The first-order chi connectivity index (χ1) is 11.9. The van der Waals surface area contributed by atoms with E-state index in [9.17, 15) is 15.3 Å². The molecule has 0 aliphatic heterocycles. The first kappa shape index (κ1) is 19.0. The lowest BCUT2D eigenvalue weighted by atomic mass is 9.42. The van der Waals surface area contributed by atoms with Crippen LogP contribution in [0.15, 0.2) is 11.6 Å². The fraction of sp³-hybridized carbons (Fsp3) is 0.913. The van der Waals surface area contributed by atoms with Crippen molar-refractivity contribution < 1.29 is 15.3 Å². The smallest absolute Gasteiger partial charge is 0.0724 e. The molecule has 0 radical (unpaired) electrons. The summed E-state index contributed by atoms with van der Waals surface area (Å²) in [7, 11) is 0. The van der Waals surface area contributed by atoms with Crippen molar-refractivity contribution in [2.45, 2.75) is 96.9 Å². The van der Waals surface area contributed by atoms with Gasteiger partial charge in [0.1, 0.15) is 0 Å². The molecule has 26 heavy (non-hydrogen) atoms. The van der Waals surface area contributed by atoms with Gasteiger partial charge in [0.05, 0.1) is 17.3 Å². The number of allylic oxidation sites excluding steroid dienone is 1. The minimum atomic E-state index is -0.722. The molecule has 4 aliphatic carbocycles. The SMILES string of the molecule is CC(C)(O)[C@H]1CCC2C3CCC4=C[C@@H](O)CC[C@]4(C)C3[C@@](C)(O)C[C@@]21C. The van der Waals surface area contributed by atoms with Gasteiger partial charge in [-0.05, 0) is 100 Å². The van der Waals surface area contributed by atoms with Gasteiger partial charge in [-0.15, -0.1) is 0 Å². The molecule has 3 saturated carbocycles. The van der Waals surface area contributed by atoms with E-state index < -0.39 is 11.2 Å². The average Bonchev–Trinajstić information content (AvgIpc) is 2.83. The van der Waals surface area contributed by atoms with Crippen LogP contribution in [0.4, 0.5) is 0 Å². The summed E-state index contributed by atoms with van der Waals surface area (Å²) >= 11 is 0. The molecule has 4 rings (SSSR count). The molecule has 3 nitrogen and oxygen atoms in total. The van der Waals surface area contributed by atoms with Crippen molar-refractivity contribution in [3.63, 3.8) is 0 Å². The van der Waals surface area contributed by atoms with Gasteiger partial charge in [0.15, 0.2) is 0 Å². The summed E-state index contributed by atoms with van der Waals surface area (Å²) in [5.74, 6) is 1.63. The summed E-state index contributed by atoms with van der Waals surface area (Å²) in [5.41, 5.74) is -0.00169. The average molecular weight is 363 g/mol. The van der Waals surface area contributed by atoms with Gasteiger partial charge >= 0.3 is 0 Å². The van der Waals surface area contributed by atoms with Crippen LogP contribution in [0, 0.1) is 34.5 Å². The van der Waals surface area contributed by atoms with Crippen LogP contribution in [-0.2, 0) is 0 Å². The van der Waals surface area contributed by atoms with Crippen LogP contribution in [0.25, 0.3) is 0 Å². The van der Waals surface area contributed by atoms with E-state index >= 15 is 0 Å². The Morgan fingerprint density at radius 2 is 1.77 bits per heavy atom. The fourth-order valence-corrected chi connectivity index (χ4v) is 8.64. The predicted octanol–water partition coefficient (Wildman–Crippen LogP) is 4.06. The second kappa shape index (κ2) is 5.58. The van der Waals surface area contributed by atoms with E-state index in [2.05, 4.69) is 26.8 Å². The van der Waals surface area contributed by atoms with Crippen LogP contribution < -0.4 is 0 Å². The highest BCUT2D eigenvalue weighted by molar-refractivity contribution is 5.28. The number of fused-ring (bicyclic) bond motifs is 5. The molecule has 0 aromatic carbocycles. The molecule has 0 heterocycles. The number of aliphatic hydroxyl groups is 3. The van der Waals surface area contributed by atoms with Crippen molar-refractivity contribution >= 4 is 0 Å². The van der Waals surface area contributed by atoms with Crippen LogP contribution in [0.5, 0.6) is 0 Å². The van der Waals surface area contributed by atoms with Crippen LogP contribution in [0.2, 0.25) is 0 Å². The van der Waals surface area contributed by atoms with Gasteiger partial charge in [0.2, 0.25) is 0 Å². The van der Waals surface area contributed by atoms with E-state index in [4.69, 9.17) is 0 Å². The maximum atomic E-state index is 11.8. The van der Waals surface area contributed by atoms with Gasteiger partial charge in [-0.1, -0.05) is 25.5 Å². The molecule has 4 aliphatic rings. The highest BCUT2D eigenvalue weighted by Crippen LogP contribution is 2.70. The zero-order valence-corrected chi connectivity index (χ0v) is 17.3. The van der Waals surface area contributed by atoms with E-state index in [1.54, 1.807) is 0 Å². The van der Waals surface area contributed by atoms with Gasteiger partial charge in [0.25, 0.3) is 0 Å². The van der Waals surface area contributed by atoms with Crippen molar-refractivity contribution in [2.75, 3.05) is 0 Å². The molecular weight excluding hydrogens is 324 g/mol. The minimum absolute atomic E-state index is 0.00861. The monoisotopic (exact) mass is 362 g/mol. The lowest BCUT2D eigenvalue weighted by molar-refractivity contribution is -0.195. The molecule has 0 spiro atoms. The standard InChI is InChI=1S/C23H38O3/c1-20(2,25)18-9-8-17-16-7-6-14-12-15(24)10-11-21(14,3)19(16)23(5,26)13-22(17,18)4/h12,15-19,24-26H,6-11,13H2,1-5H3/t15-,16?,17?,18+,19?,21-,22-,23-/m0/s1. The van der Waals surface area contributed by atoms with E-state index in [0.717, 1.165) is 38.5 Å². The summed E-state index contributed by atoms with van der Waals surface area (Å²) in [6.07, 6.45) is 8.80. The Kier molecular flexibility index (Phi) is 4.07. The third kappa shape index (κ3) is 2.49. The lowest BCUT2D eigenvalue weighted by Crippen LogP contribution is -2.62. The third-order valence-corrected chi connectivity index (χ3v) is 9.14. The Morgan fingerprint density at radius 1 is 1.08 bits per heavy atom. The van der Waals surface area contributed by atoms with E-state index in [1.807, 2.05) is 13.8 Å². The van der Waals surface area contributed by atoms with Crippen molar-refractivity contribution in [3.8, 4) is 0 Å². The second-order valence-electron chi connectivity index (χ2n) is 11.3. The summed E-state index contributed by atoms with van der Waals surface area (Å²) in [4.78, 5) is 0. The minimum Gasteiger partial charge on any atom is -0.390 e. The number of rotatable bonds is 1. The molecule has 148 valence electrons. The molecule has 3 unspecified atom stereocenters. The molecule has 0 aromatic heterocycles. The van der Waals surface area contributed by atoms with E-state index in [0.29, 0.717) is 11.8 Å². The normalized spacial score (nSPS) is 54.2. The maximum absolute atomic E-state index is 11.8. The van der Waals surface area contributed by atoms with Gasteiger partial charge in [-0.25, -0.2) is 0 Å². The Balaban J connectivity index is 1.76. The van der Waals surface area contributed by atoms with Crippen LogP contribution >= 0.6 is 0 Å². The predicted molar refractivity (Wildman–Crippen MR) is 104 cm³/mol. The Hall–Kier alpha value is -0.380. The first-order valence-electron chi connectivity index (χ1n) is 10.7. The zero-order valence-electron chi connectivity index (χ0n) is 17.3. The molecule has 8 atom stereocenters. The van der Waals surface area contributed by atoms with Crippen molar-refractivity contribution in [1.82, 2.24) is 0 Å². The largest absolute Gasteiger partial charge is 0.390 e. The van der Waals surface area contributed by atoms with Gasteiger partial charge in [0, 0.05) is 0 Å². The molecule has 0 amide bonds. The highest BCUT2D eigenvalue weighted by atomic mass is 16.3. The third-order valence-electron chi connectivity index (χ3n) is 9.14. The van der Waals surface area contributed by atoms with Crippen LogP contribution in [0.3, 0.4) is 0 Å². The zero-order chi connectivity index (χ0) is 19.1. The maximum Gasteiger partial charge on any atom is 0.0724 e. The van der Waals surface area contributed by atoms with Crippen molar-refractivity contribution in [2.24, 2.45) is 34.5 Å². The molecular formula is C23H38O3. The molecule has 3 N–H and O–H groups in total. The van der Waals surface area contributed by atoms with Gasteiger partial charge in [-0.2, -0.15) is 0 Å². The number of hydrogen-bond donors (Lipinski definition) is 3. The Bertz CT molecular complexity index is 615. The summed E-state index contributed by atoms with van der Waals surface area (Å²) in [6, 6.07) is 0. The molecule has 3 fully saturated rings. The fourth-order valence-electron chi connectivity index (χ4n) is 8.64. The van der Waals surface area contributed by atoms with Crippen LogP contribution in [0.1, 0.15) is 79.6 Å².